The van der Waals surface area contributed by atoms with Gasteiger partial charge in [-0.15, -0.1) is 0 Å². The van der Waals surface area contributed by atoms with Crippen molar-refractivity contribution in [3.8, 4) is 5.75 Å². The van der Waals surface area contributed by atoms with Gasteiger partial charge in [0.2, 0.25) is 5.75 Å². The van der Waals surface area contributed by atoms with Crippen molar-refractivity contribution in [1.82, 2.24) is 14.5 Å². The summed E-state index contributed by atoms with van der Waals surface area (Å²) in [6.07, 6.45) is 5.81. The maximum Gasteiger partial charge on any atom is 0.315 e. The minimum absolute atomic E-state index is 0.0199. The summed E-state index contributed by atoms with van der Waals surface area (Å²) < 4.78 is 1.69. The number of amides is 1. The second-order valence-corrected chi connectivity index (χ2v) is 8.77. The van der Waals surface area contributed by atoms with Gasteiger partial charge in [0.15, 0.2) is 5.69 Å². The molecule has 6 nitrogen and oxygen atoms in total. The van der Waals surface area contributed by atoms with Crippen LogP contribution < -0.4 is 5.56 Å². The van der Waals surface area contributed by atoms with E-state index in [1.807, 2.05) is 0 Å². The number of benzene rings is 1. The van der Waals surface area contributed by atoms with Crippen LogP contribution in [0.2, 0.25) is 0 Å². The molecule has 0 saturated heterocycles. The lowest BCUT2D eigenvalue weighted by Gasteiger charge is -2.34. The summed E-state index contributed by atoms with van der Waals surface area (Å²) in [5.41, 5.74) is 3.59. The van der Waals surface area contributed by atoms with Crippen LogP contribution in [-0.2, 0) is 24.8 Å². The molecule has 1 amide bonds. The van der Waals surface area contributed by atoms with Gasteiger partial charge >= 0.3 is 5.56 Å². The Balaban J connectivity index is 1.86. The summed E-state index contributed by atoms with van der Waals surface area (Å²) in [6, 6.07) is 6.75. The summed E-state index contributed by atoms with van der Waals surface area (Å²) >= 11 is 0. The monoisotopic (exact) mass is 407 g/mol. The lowest BCUT2D eigenvalue weighted by Crippen LogP contribution is -2.40. The van der Waals surface area contributed by atoms with E-state index in [-0.39, 0.29) is 11.1 Å². The molecular weight excluding hydrogens is 378 g/mol. The number of aromatic hydroxyl groups is 1. The number of aryl methyl sites for hydroxylation is 2. The normalized spacial score (nSPS) is 18.0. The number of hydrogen-bond donors (Lipinski definition) is 1. The molecule has 1 aliphatic heterocycles. The molecule has 30 heavy (non-hydrogen) atoms. The fraction of sp³-hybridized carbons (Fsp3) is 0.458. The number of allylic oxidation sites excluding steroid dienone is 1. The zero-order chi connectivity index (χ0) is 21.6. The van der Waals surface area contributed by atoms with Gasteiger partial charge < -0.3 is 14.6 Å². The maximum atomic E-state index is 12.8. The van der Waals surface area contributed by atoms with E-state index >= 15 is 0 Å². The number of nitrogens with zero attached hydrogens (tertiary/aromatic N) is 3. The van der Waals surface area contributed by atoms with Gasteiger partial charge in [-0.05, 0) is 37.3 Å². The molecule has 2 aliphatic rings. The first kappa shape index (κ1) is 20.4. The lowest BCUT2D eigenvalue weighted by atomic mass is 9.74. The average molecular weight is 408 g/mol. The number of rotatable bonds is 4. The van der Waals surface area contributed by atoms with E-state index in [0.29, 0.717) is 24.5 Å². The molecular formula is C24H29N3O3. The minimum atomic E-state index is -0.739. The van der Waals surface area contributed by atoms with Crippen molar-refractivity contribution < 1.29 is 9.90 Å². The summed E-state index contributed by atoms with van der Waals surface area (Å²) in [6.45, 7) is 8.59. The second-order valence-electron chi connectivity index (χ2n) is 8.77. The maximum absolute atomic E-state index is 12.8. The van der Waals surface area contributed by atoms with E-state index in [2.05, 4.69) is 43.6 Å². The van der Waals surface area contributed by atoms with Crippen molar-refractivity contribution in [3.05, 3.63) is 69.0 Å². The third-order valence-corrected chi connectivity index (χ3v) is 6.78. The topological polar surface area (TPSA) is 75.4 Å². The summed E-state index contributed by atoms with van der Waals surface area (Å²) in [5.74, 6) is -0.446. The molecule has 2 heterocycles. The molecule has 1 N–H and O–H groups in total. The van der Waals surface area contributed by atoms with Crippen LogP contribution in [0.1, 0.15) is 65.6 Å². The molecule has 0 spiro atoms. The van der Waals surface area contributed by atoms with Crippen LogP contribution in [-0.4, -0.2) is 32.5 Å². The molecule has 1 aromatic carbocycles. The first-order valence-electron chi connectivity index (χ1n) is 10.7. The van der Waals surface area contributed by atoms with Crippen molar-refractivity contribution in [2.45, 2.75) is 64.3 Å². The summed E-state index contributed by atoms with van der Waals surface area (Å²) in [5, 5.41) is 10.3. The van der Waals surface area contributed by atoms with Crippen molar-refractivity contribution in [3.63, 3.8) is 0 Å². The summed E-state index contributed by atoms with van der Waals surface area (Å²) in [4.78, 5) is 30.8. The summed E-state index contributed by atoms with van der Waals surface area (Å²) in [7, 11) is 1.61. The van der Waals surface area contributed by atoms with E-state index in [1.54, 1.807) is 11.6 Å². The Morgan fingerprint density at radius 3 is 2.57 bits per heavy atom. The molecule has 6 heteroatoms. The largest absolute Gasteiger partial charge is 0.501 e. The van der Waals surface area contributed by atoms with E-state index < -0.39 is 17.2 Å². The molecule has 0 bridgehead atoms. The molecule has 1 aliphatic carbocycles. The highest BCUT2D eigenvalue weighted by atomic mass is 16.3. The Kier molecular flexibility index (Phi) is 5.04. The van der Waals surface area contributed by atoms with Gasteiger partial charge in [-0.25, -0.2) is 0 Å². The highest BCUT2D eigenvalue weighted by Crippen LogP contribution is 2.44. The molecule has 1 fully saturated rings. The van der Waals surface area contributed by atoms with Crippen LogP contribution in [0.4, 0.5) is 0 Å². The zero-order valence-corrected chi connectivity index (χ0v) is 18.0. The fourth-order valence-electron chi connectivity index (χ4n) is 5.00. The van der Waals surface area contributed by atoms with Crippen LogP contribution in [0.3, 0.4) is 0 Å². The first-order chi connectivity index (χ1) is 14.3. The number of likely N-dealkylation sites (N-methyl/N-ethyl adjacent to an activating group) is 1. The minimum Gasteiger partial charge on any atom is -0.501 e. The number of carbonyl (C=O) groups is 1. The average Bonchev–Trinajstić information content (AvgIpc) is 3.19. The fourth-order valence-corrected chi connectivity index (χ4v) is 5.00. The third-order valence-electron chi connectivity index (χ3n) is 6.78. The Morgan fingerprint density at radius 1 is 1.20 bits per heavy atom. The van der Waals surface area contributed by atoms with E-state index in [0.717, 1.165) is 32.1 Å². The smallest absolute Gasteiger partial charge is 0.315 e. The molecule has 4 rings (SSSR count). The van der Waals surface area contributed by atoms with Crippen molar-refractivity contribution >= 4 is 5.91 Å². The SMILES string of the molecule is C=C1Cn2c(CC3(c4cc(C)cc(CC)c4)CCCC3)nc(=O)c(O)c2C(=O)N1C. The molecule has 1 aromatic heterocycles. The Hall–Kier alpha value is -2.89. The van der Waals surface area contributed by atoms with E-state index in [9.17, 15) is 14.7 Å². The highest BCUT2D eigenvalue weighted by Gasteiger charge is 2.39. The third kappa shape index (κ3) is 3.24. The molecule has 1 saturated carbocycles. The van der Waals surface area contributed by atoms with Gasteiger partial charge in [0.05, 0.1) is 6.54 Å². The molecule has 0 radical (unpaired) electrons. The van der Waals surface area contributed by atoms with Crippen LogP contribution in [0, 0.1) is 6.92 Å². The van der Waals surface area contributed by atoms with E-state index in [4.69, 9.17) is 0 Å². The van der Waals surface area contributed by atoms with Crippen LogP contribution in [0.15, 0.2) is 35.3 Å². The van der Waals surface area contributed by atoms with Crippen LogP contribution in [0.25, 0.3) is 0 Å². The first-order valence-corrected chi connectivity index (χ1v) is 10.7. The number of aromatic nitrogens is 2. The van der Waals surface area contributed by atoms with Gasteiger partial charge in [0, 0.05) is 24.6 Å². The zero-order valence-electron chi connectivity index (χ0n) is 18.0. The van der Waals surface area contributed by atoms with Gasteiger partial charge in [0.1, 0.15) is 5.82 Å². The van der Waals surface area contributed by atoms with Crippen molar-refractivity contribution in [1.29, 1.82) is 0 Å². The molecule has 158 valence electrons. The Morgan fingerprint density at radius 2 is 1.90 bits per heavy atom. The number of carbonyl (C=O) groups excluding carboxylic acids is 1. The highest BCUT2D eigenvalue weighted by molar-refractivity contribution is 5.96. The van der Waals surface area contributed by atoms with Crippen LogP contribution in [0.5, 0.6) is 5.75 Å². The second kappa shape index (κ2) is 7.42. The standard InChI is InChI=1S/C24H29N3O3/c1-5-17-10-15(2)11-18(12-17)24(8-6-7-9-24)13-19-25-22(29)21(28)20-23(30)26(4)16(3)14-27(19)20/h10-12,28H,3,5-9,13-14H2,1-2,4H3. The number of hydrogen-bond acceptors (Lipinski definition) is 4. The Bertz CT molecular complexity index is 1090. The molecule has 0 unspecified atom stereocenters. The molecule has 0 atom stereocenters. The predicted molar refractivity (Wildman–Crippen MR) is 116 cm³/mol. The van der Waals surface area contributed by atoms with Gasteiger partial charge in [-0.3, -0.25) is 9.59 Å². The van der Waals surface area contributed by atoms with Gasteiger partial charge in [-0.2, -0.15) is 4.98 Å². The van der Waals surface area contributed by atoms with Crippen LogP contribution >= 0.6 is 0 Å². The quantitative estimate of drug-likeness (QED) is 0.842. The van der Waals surface area contributed by atoms with Gasteiger partial charge in [0.25, 0.3) is 5.91 Å². The molecule has 2 aromatic rings. The number of fused-ring (bicyclic) bond motifs is 1. The predicted octanol–water partition coefficient (Wildman–Crippen LogP) is 3.47. The van der Waals surface area contributed by atoms with E-state index in [1.165, 1.54) is 21.6 Å². The van der Waals surface area contributed by atoms with Crippen molar-refractivity contribution in [2.24, 2.45) is 0 Å². The van der Waals surface area contributed by atoms with Crippen molar-refractivity contribution in [2.75, 3.05) is 7.05 Å². The van der Waals surface area contributed by atoms with Gasteiger partial charge in [-0.1, -0.05) is 50.1 Å². The Labute approximate surface area is 176 Å². The lowest BCUT2D eigenvalue weighted by molar-refractivity contribution is 0.0791.